The highest BCUT2D eigenvalue weighted by Crippen LogP contribution is 2.22. The Labute approximate surface area is 139 Å². The van der Waals surface area contributed by atoms with Crippen LogP contribution in [0.3, 0.4) is 0 Å². The third-order valence-corrected chi connectivity index (χ3v) is 4.05. The van der Waals surface area contributed by atoms with Crippen LogP contribution in [0.5, 0.6) is 0 Å². The molecular formula is C16H21BrClN3. The van der Waals surface area contributed by atoms with Crippen molar-refractivity contribution in [2.45, 2.75) is 46.3 Å². The molecule has 114 valence electrons. The van der Waals surface area contributed by atoms with Gasteiger partial charge in [-0.2, -0.15) is 5.10 Å². The molecule has 0 saturated carbocycles. The number of benzene rings is 1. The summed E-state index contributed by atoms with van der Waals surface area (Å²) in [5, 5.41) is 8.82. The molecule has 1 aromatic heterocycles. The number of hydrogen-bond acceptors (Lipinski definition) is 2. The van der Waals surface area contributed by atoms with Crippen molar-refractivity contribution in [1.82, 2.24) is 15.1 Å². The standard InChI is InChI=1S/C16H21BrClN3/c1-11-13(8-19-16(2,3)4)10-21(20-11)9-12-5-6-14(17)7-15(12)18/h5-7,10,19H,8-9H2,1-4H3. The Morgan fingerprint density at radius 2 is 2.00 bits per heavy atom. The number of halogens is 2. The van der Waals surface area contributed by atoms with Gasteiger partial charge in [0.2, 0.25) is 0 Å². The molecule has 2 aromatic rings. The molecule has 0 fully saturated rings. The molecule has 1 heterocycles. The predicted octanol–water partition coefficient (Wildman–Crippen LogP) is 4.54. The van der Waals surface area contributed by atoms with Crippen LogP contribution in [-0.4, -0.2) is 15.3 Å². The fourth-order valence-corrected chi connectivity index (χ4v) is 2.73. The molecule has 21 heavy (non-hydrogen) atoms. The molecule has 0 radical (unpaired) electrons. The molecule has 0 atom stereocenters. The van der Waals surface area contributed by atoms with Crippen LogP contribution in [0.1, 0.15) is 37.6 Å². The summed E-state index contributed by atoms with van der Waals surface area (Å²) < 4.78 is 2.94. The van der Waals surface area contributed by atoms with E-state index in [2.05, 4.69) is 53.3 Å². The summed E-state index contributed by atoms with van der Waals surface area (Å²) in [5.74, 6) is 0. The van der Waals surface area contributed by atoms with E-state index in [1.165, 1.54) is 5.56 Å². The van der Waals surface area contributed by atoms with E-state index >= 15 is 0 Å². The molecule has 0 bridgehead atoms. The summed E-state index contributed by atoms with van der Waals surface area (Å²) in [6.45, 7) is 10.0. The second kappa shape index (κ2) is 6.51. The topological polar surface area (TPSA) is 29.9 Å². The zero-order valence-electron chi connectivity index (χ0n) is 12.9. The van der Waals surface area contributed by atoms with E-state index in [0.29, 0.717) is 6.54 Å². The second-order valence-corrected chi connectivity index (χ2v) is 7.60. The number of aromatic nitrogens is 2. The van der Waals surface area contributed by atoms with Crippen molar-refractivity contribution in [3.05, 3.63) is 50.7 Å². The maximum atomic E-state index is 6.26. The first-order valence-electron chi connectivity index (χ1n) is 6.96. The highest BCUT2D eigenvalue weighted by atomic mass is 79.9. The summed E-state index contributed by atoms with van der Waals surface area (Å²) >= 11 is 9.68. The van der Waals surface area contributed by atoms with Crippen LogP contribution in [0.4, 0.5) is 0 Å². The van der Waals surface area contributed by atoms with Gasteiger partial charge in [-0.25, -0.2) is 0 Å². The van der Waals surface area contributed by atoms with Gasteiger partial charge < -0.3 is 5.32 Å². The van der Waals surface area contributed by atoms with Crippen molar-refractivity contribution >= 4 is 27.5 Å². The number of nitrogens with one attached hydrogen (secondary N) is 1. The SMILES string of the molecule is Cc1nn(Cc2ccc(Br)cc2Cl)cc1CNC(C)(C)C. The smallest absolute Gasteiger partial charge is 0.0674 e. The molecule has 1 aromatic carbocycles. The Balaban J connectivity index is 2.11. The van der Waals surface area contributed by atoms with E-state index in [4.69, 9.17) is 11.6 Å². The monoisotopic (exact) mass is 369 g/mol. The van der Waals surface area contributed by atoms with Gasteiger partial charge in [0.1, 0.15) is 0 Å². The van der Waals surface area contributed by atoms with Crippen LogP contribution in [-0.2, 0) is 13.1 Å². The number of hydrogen-bond donors (Lipinski definition) is 1. The highest BCUT2D eigenvalue weighted by Gasteiger charge is 2.12. The Hall–Kier alpha value is -0.840. The van der Waals surface area contributed by atoms with Gasteiger partial charge in [0.25, 0.3) is 0 Å². The van der Waals surface area contributed by atoms with E-state index in [1.807, 2.05) is 29.8 Å². The number of rotatable bonds is 4. The van der Waals surface area contributed by atoms with Crippen LogP contribution >= 0.6 is 27.5 Å². The molecule has 0 aliphatic rings. The zero-order chi connectivity index (χ0) is 15.6. The summed E-state index contributed by atoms with van der Waals surface area (Å²) in [4.78, 5) is 0. The molecule has 0 aliphatic heterocycles. The van der Waals surface area contributed by atoms with Gasteiger partial charge in [0, 0.05) is 33.3 Å². The van der Waals surface area contributed by atoms with Crippen molar-refractivity contribution in [2.75, 3.05) is 0 Å². The first-order valence-corrected chi connectivity index (χ1v) is 8.13. The molecular weight excluding hydrogens is 350 g/mol. The van der Waals surface area contributed by atoms with Crippen LogP contribution < -0.4 is 5.32 Å². The van der Waals surface area contributed by atoms with Gasteiger partial charge in [0.05, 0.1) is 12.2 Å². The quantitative estimate of drug-likeness (QED) is 0.856. The molecule has 0 amide bonds. The fourth-order valence-electron chi connectivity index (χ4n) is 2.00. The van der Waals surface area contributed by atoms with Crippen molar-refractivity contribution in [2.24, 2.45) is 0 Å². The second-order valence-electron chi connectivity index (χ2n) is 6.28. The summed E-state index contributed by atoms with van der Waals surface area (Å²) in [7, 11) is 0. The molecule has 0 unspecified atom stereocenters. The third-order valence-electron chi connectivity index (χ3n) is 3.20. The Morgan fingerprint density at radius 1 is 1.29 bits per heavy atom. The van der Waals surface area contributed by atoms with Crippen LogP contribution in [0.25, 0.3) is 0 Å². The lowest BCUT2D eigenvalue weighted by molar-refractivity contribution is 0.423. The first kappa shape index (κ1) is 16.5. The van der Waals surface area contributed by atoms with Gasteiger partial charge in [-0.05, 0) is 45.4 Å². The Bertz CT molecular complexity index is 629. The maximum Gasteiger partial charge on any atom is 0.0674 e. The lowest BCUT2D eigenvalue weighted by Gasteiger charge is -2.20. The molecule has 0 saturated heterocycles. The van der Waals surface area contributed by atoms with Gasteiger partial charge >= 0.3 is 0 Å². The maximum absolute atomic E-state index is 6.26. The van der Waals surface area contributed by atoms with Crippen LogP contribution in [0.2, 0.25) is 5.02 Å². The Kier molecular flexibility index (Phi) is 5.12. The average Bonchev–Trinajstić information content (AvgIpc) is 2.70. The van der Waals surface area contributed by atoms with Crippen molar-refractivity contribution in [3.8, 4) is 0 Å². The van der Waals surface area contributed by atoms with E-state index in [9.17, 15) is 0 Å². The predicted molar refractivity (Wildman–Crippen MR) is 91.8 cm³/mol. The zero-order valence-corrected chi connectivity index (χ0v) is 15.2. The number of aryl methyl sites for hydroxylation is 1. The van der Waals surface area contributed by atoms with E-state index in [-0.39, 0.29) is 5.54 Å². The lowest BCUT2D eigenvalue weighted by Crippen LogP contribution is -2.35. The van der Waals surface area contributed by atoms with Crippen molar-refractivity contribution in [1.29, 1.82) is 0 Å². The van der Waals surface area contributed by atoms with Crippen molar-refractivity contribution < 1.29 is 0 Å². The minimum absolute atomic E-state index is 0.101. The minimum Gasteiger partial charge on any atom is -0.308 e. The van der Waals surface area contributed by atoms with Gasteiger partial charge in [-0.3, -0.25) is 4.68 Å². The molecule has 5 heteroatoms. The normalized spacial score (nSPS) is 11.9. The van der Waals surface area contributed by atoms with Crippen molar-refractivity contribution in [3.63, 3.8) is 0 Å². The largest absolute Gasteiger partial charge is 0.308 e. The van der Waals surface area contributed by atoms with Crippen LogP contribution in [0.15, 0.2) is 28.9 Å². The molecule has 1 N–H and O–H groups in total. The summed E-state index contributed by atoms with van der Waals surface area (Å²) in [6.07, 6.45) is 2.09. The third kappa shape index (κ3) is 4.83. The summed E-state index contributed by atoms with van der Waals surface area (Å²) in [6, 6.07) is 5.94. The highest BCUT2D eigenvalue weighted by molar-refractivity contribution is 9.10. The fraction of sp³-hybridized carbons (Fsp3) is 0.438. The number of nitrogens with zero attached hydrogens (tertiary/aromatic N) is 2. The summed E-state index contributed by atoms with van der Waals surface area (Å²) in [5.41, 5.74) is 3.44. The lowest BCUT2D eigenvalue weighted by atomic mass is 10.1. The minimum atomic E-state index is 0.101. The van der Waals surface area contributed by atoms with E-state index in [1.54, 1.807) is 0 Å². The molecule has 2 rings (SSSR count). The first-order chi connectivity index (χ1) is 9.74. The van der Waals surface area contributed by atoms with Crippen LogP contribution in [0, 0.1) is 6.92 Å². The molecule has 0 aliphatic carbocycles. The van der Waals surface area contributed by atoms with Gasteiger partial charge in [-0.15, -0.1) is 0 Å². The van der Waals surface area contributed by atoms with E-state index in [0.717, 1.165) is 27.3 Å². The molecule has 0 spiro atoms. The van der Waals surface area contributed by atoms with E-state index < -0.39 is 0 Å². The Morgan fingerprint density at radius 3 is 2.62 bits per heavy atom. The molecule has 3 nitrogen and oxygen atoms in total. The average molecular weight is 371 g/mol. The van der Waals surface area contributed by atoms with Gasteiger partial charge in [-0.1, -0.05) is 33.6 Å². The van der Waals surface area contributed by atoms with Gasteiger partial charge in [0.15, 0.2) is 0 Å².